The molecule has 2 unspecified atom stereocenters. The van der Waals surface area contributed by atoms with Crippen molar-refractivity contribution in [2.75, 3.05) is 19.6 Å². The van der Waals surface area contributed by atoms with Gasteiger partial charge in [-0.1, -0.05) is 26.7 Å². The molecule has 100 valence electrons. The van der Waals surface area contributed by atoms with Crippen molar-refractivity contribution >= 4 is 0 Å². The zero-order valence-corrected chi connectivity index (χ0v) is 11.9. The van der Waals surface area contributed by atoms with Crippen LogP contribution in [0.4, 0.5) is 0 Å². The summed E-state index contributed by atoms with van der Waals surface area (Å²) >= 11 is 0. The van der Waals surface area contributed by atoms with Crippen LogP contribution >= 0.6 is 0 Å². The summed E-state index contributed by atoms with van der Waals surface area (Å²) in [6, 6.07) is 1.59. The van der Waals surface area contributed by atoms with Crippen LogP contribution in [-0.4, -0.2) is 36.6 Å². The molecule has 0 amide bonds. The van der Waals surface area contributed by atoms with Crippen LogP contribution in [0.25, 0.3) is 0 Å². The molecule has 0 spiro atoms. The van der Waals surface area contributed by atoms with Crippen LogP contribution in [-0.2, 0) is 0 Å². The summed E-state index contributed by atoms with van der Waals surface area (Å²) in [4.78, 5) is 2.72. The summed E-state index contributed by atoms with van der Waals surface area (Å²) in [6.07, 6.45) is 7.11. The molecule has 2 fully saturated rings. The van der Waals surface area contributed by atoms with E-state index < -0.39 is 0 Å². The smallest absolute Gasteiger partial charge is 0.0223 e. The highest BCUT2D eigenvalue weighted by Gasteiger charge is 2.34. The molecule has 0 radical (unpaired) electrons. The molecule has 1 N–H and O–H groups in total. The van der Waals surface area contributed by atoms with Crippen LogP contribution in [0, 0.1) is 11.8 Å². The Balaban J connectivity index is 1.68. The van der Waals surface area contributed by atoms with Crippen LogP contribution in [0.3, 0.4) is 0 Å². The van der Waals surface area contributed by atoms with Crippen LogP contribution < -0.4 is 5.32 Å². The van der Waals surface area contributed by atoms with Gasteiger partial charge < -0.3 is 5.32 Å². The second kappa shape index (κ2) is 6.19. The second-order valence-electron chi connectivity index (χ2n) is 6.57. The summed E-state index contributed by atoms with van der Waals surface area (Å²) in [5.74, 6) is 1.87. The molecule has 1 aliphatic heterocycles. The quantitative estimate of drug-likeness (QED) is 0.765. The highest BCUT2D eigenvalue weighted by atomic mass is 15.2. The molecule has 17 heavy (non-hydrogen) atoms. The first kappa shape index (κ1) is 13.4. The third-order valence-electron chi connectivity index (χ3n) is 4.45. The Labute approximate surface area is 107 Å². The predicted molar refractivity (Wildman–Crippen MR) is 74.2 cm³/mol. The normalized spacial score (nSPS) is 28.6. The van der Waals surface area contributed by atoms with E-state index in [0.29, 0.717) is 0 Å². The van der Waals surface area contributed by atoms with E-state index in [1.807, 2.05) is 0 Å². The average molecular weight is 238 g/mol. The number of nitrogens with one attached hydrogen (secondary N) is 1. The van der Waals surface area contributed by atoms with Gasteiger partial charge >= 0.3 is 0 Å². The zero-order valence-electron chi connectivity index (χ0n) is 11.9. The second-order valence-corrected chi connectivity index (χ2v) is 6.57. The van der Waals surface area contributed by atoms with Gasteiger partial charge in [-0.15, -0.1) is 0 Å². The first-order valence-corrected chi connectivity index (χ1v) is 7.64. The zero-order chi connectivity index (χ0) is 12.3. The molecule has 0 aromatic heterocycles. The standard InChI is InChI=1S/C15H30N2/c1-12(2)5-4-6-13(3)17-10-9-16-15(11-17)14-7-8-14/h12-16H,4-11H2,1-3H3. The monoisotopic (exact) mass is 238 g/mol. The molecular weight excluding hydrogens is 208 g/mol. The Morgan fingerprint density at radius 3 is 2.59 bits per heavy atom. The minimum absolute atomic E-state index is 0.789. The van der Waals surface area contributed by atoms with E-state index >= 15 is 0 Å². The number of hydrogen-bond acceptors (Lipinski definition) is 2. The van der Waals surface area contributed by atoms with Gasteiger partial charge in [0.2, 0.25) is 0 Å². The van der Waals surface area contributed by atoms with Crippen LogP contribution in [0.2, 0.25) is 0 Å². The number of piperazine rings is 1. The lowest BCUT2D eigenvalue weighted by Gasteiger charge is -2.38. The van der Waals surface area contributed by atoms with Gasteiger partial charge in [-0.3, -0.25) is 4.90 Å². The fourth-order valence-electron chi connectivity index (χ4n) is 3.02. The van der Waals surface area contributed by atoms with Crippen molar-refractivity contribution in [3.8, 4) is 0 Å². The van der Waals surface area contributed by atoms with Crippen molar-refractivity contribution in [1.82, 2.24) is 10.2 Å². The Hall–Kier alpha value is -0.0800. The molecule has 2 nitrogen and oxygen atoms in total. The Morgan fingerprint density at radius 2 is 1.94 bits per heavy atom. The minimum Gasteiger partial charge on any atom is -0.311 e. The largest absolute Gasteiger partial charge is 0.311 e. The van der Waals surface area contributed by atoms with E-state index in [4.69, 9.17) is 0 Å². The summed E-state index contributed by atoms with van der Waals surface area (Å²) < 4.78 is 0. The number of hydrogen-bond donors (Lipinski definition) is 1. The molecule has 1 saturated carbocycles. The molecule has 1 aliphatic carbocycles. The third-order valence-corrected chi connectivity index (χ3v) is 4.45. The van der Waals surface area contributed by atoms with E-state index in [0.717, 1.165) is 23.9 Å². The lowest BCUT2D eigenvalue weighted by Crippen LogP contribution is -2.54. The van der Waals surface area contributed by atoms with Gasteiger partial charge in [0.15, 0.2) is 0 Å². The first-order valence-electron chi connectivity index (χ1n) is 7.64. The highest BCUT2D eigenvalue weighted by Crippen LogP contribution is 2.34. The molecule has 2 atom stereocenters. The fourth-order valence-corrected chi connectivity index (χ4v) is 3.02. The lowest BCUT2D eigenvalue weighted by atomic mass is 10.0. The maximum Gasteiger partial charge on any atom is 0.0223 e. The van der Waals surface area contributed by atoms with Crippen LogP contribution in [0.15, 0.2) is 0 Å². The number of rotatable bonds is 6. The van der Waals surface area contributed by atoms with E-state index in [1.54, 1.807) is 0 Å². The Bertz CT molecular complexity index is 223. The first-order chi connectivity index (χ1) is 8.16. The highest BCUT2D eigenvalue weighted by molar-refractivity contribution is 4.92. The summed E-state index contributed by atoms with van der Waals surface area (Å²) in [5.41, 5.74) is 0. The van der Waals surface area contributed by atoms with Crippen LogP contribution in [0.1, 0.15) is 52.9 Å². The van der Waals surface area contributed by atoms with Gasteiger partial charge in [0.1, 0.15) is 0 Å². The van der Waals surface area contributed by atoms with Crippen molar-refractivity contribution in [2.24, 2.45) is 11.8 Å². The summed E-state index contributed by atoms with van der Waals surface area (Å²) in [7, 11) is 0. The maximum absolute atomic E-state index is 3.70. The van der Waals surface area contributed by atoms with Crippen molar-refractivity contribution in [1.29, 1.82) is 0 Å². The van der Waals surface area contributed by atoms with Gasteiger partial charge in [-0.25, -0.2) is 0 Å². The van der Waals surface area contributed by atoms with Crippen molar-refractivity contribution in [3.05, 3.63) is 0 Å². The lowest BCUT2D eigenvalue weighted by molar-refractivity contribution is 0.136. The molecule has 1 saturated heterocycles. The van der Waals surface area contributed by atoms with E-state index in [2.05, 4.69) is 31.0 Å². The molecule has 2 aliphatic rings. The van der Waals surface area contributed by atoms with Crippen molar-refractivity contribution < 1.29 is 0 Å². The summed E-state index contributed by atoms with van der Waals surface area (Å²) in [6.45, 7) is 10.8. The van der Waals surface area contributed by atoms with Crippen molar-refractivity contribution in [3.63, 3.8) is 0 Å². The van der Waals surface area contributed by atoms with E-state index in [9.17, 15) is 0 Å². The molecule has 1 heterocycles. The van der Waals surface area contributed by atoms with Crippen LogP contribution in [0.5, 0.6) is 0 Å². The molecule has 0 bridgehead atoms. The SMILES string of the molecule is CC(C)CCCC(C)N1CCNC(C2CC2)C1. The Morgan fingerprint density at radius 1 is 1.18 bits per heavy atom. The molecule has 2 rings (SSSR count). The van der Waals surface area contributed by atoms with Gasteiger partial charge in [-0.05, 0) is 38.0 Å². The Kier molecular flexibility index (Phi) is 4.87. The van der Waals surface area contributed by atoms with Gasteiger partial charge in [0, 0.05) is 31.7 Å². The van der Waals surface area contributed by atoms with E-state index in [1.165, 1.54) is 51.7 Å². The van der Waals surface area contributed by atoms with Gasteiger partial charge in [0.25, 0.3) is 0 Å². The minimum atomic E-state index is 0.789. The van der Waals surface area contributed by atoms with Crippen molar-refractivity contribution in [2.45, 2.75) is 65.0 Å². The molecule has 2 heteroatoms. The summed E-state index contributed by atoms with van der Waals surface area (Å²) in [5, 5.41) is 3.70. The van der Waals surface area contributed by atoms with Gasteiger partial charge in [0.05, 0.1) is 0 Å². The third kappa shape index (κ3) is 4.26. The average Bonchev–Trinajstić information content (AvgIpc) is 3.12. The predicted octanol–water partition coefficient (Wildman–Crippen LogP) is 2.89. The van der Waals surface area contributed by atoms with E-state index in [-0.39, 0.29) is 0 Å². The van der Waals surface area contributed by atoms with Gasteiger partial charge in [-0.2, -0.15) is 0 Å². The molecule has 0 aromatic rings. The molecule has 0 aromatic carbocycles. The maximum atomic E-state index is 3.70. The molecular formula is C15H30N2. The fraction of sp³-hybridized carbons (Fsp3) is 1.00. The number of nitrogens with zero attached hydrogens (tertiary/aromatic N) is 1. The topological polar surface area (TPSA) is 15.3 Å².